The van der Waals surface area contributed by atoms with Crippen LogP contribution in [0.5, 0.6) is 0 Å². The first kappa shape index (κ1) is 17.6. The Bertz CT molecular complexity index is 739. The van der Waals surface area contributed by atoms with Crippen LogP contribution in [0.4, 0.5) is 0 Å². The number of rotatable bonds is 5. The Morgan fingerprint density at radius 2 is 1.65 bits per heavy atom. The van der Waals surface area contributed by atoms with Gasteiger partial charge in [-0.3, -0.25) is 0 Å². The molecule has 0 aromatic heterocycles. The van der Waals surface area contributed by atoms with Gasteiger partial charge in [-0.15, -0.1) is 12.6 Å². The number of benzene rings is 2. The highest BCUT2D eigenvalue weighted by Crippen LogP contribution is 2.24. The molecule has 6 heteroatoms. The fourth-order valence-corrected chi connectivity index (χ4v) is 2.45. The number of hydrogen-bond acceptors (Lipinski definition) is 4. The summed E-state index contributed by atoms with van der Waals surface area (Å²) in [5, 5.41) is 9.16. The Morgan fingerprint density at radius 1 is 1.04 bits per heavy atom. The molecule has 0 spiro atoms. The number of esters is 1. The normalized spacial score (nSPS) is 11.6. The number of ether oxygens (including phenoxy) is 1. The molecule has 0 aliphatic heterocycles. The zero-order chi connectivity index (χ0) is 16.8. The molecule has 0 aliphatic carbocycles. The van der Waals surface area contributed by atoms with E-state index in [0.29, 0.717) is 5.56 Å². The Balaban J connectivity index is 2.27. The maximum Gasteiger partial charge on any atom is 0.342 e. The first-order valence-electron chi connectivity index (χ1n) is 6.62. The summed E-state index contributed by atoms with van der Waals surface area (Å²) >= 11 is 6.08. The molecule has 0 amide bonds. The summed E-state index contributed by atoms with van der Waals surface area (Å²) < 4.78 is 6.21. The van der Waals surface area contributed by atoms with E-state index in [1.54, 1.807) is 24.3 Å². The second kappa shape index (κ2) is 8.16. The van der Waals surface area contributed by atoms with Crippen molar-refractivity contribution in [1.29, 1.82) is 0 Å². The van der Waals surface area contributed by atoms with Crippen molar-refractivity contribution in [3.05, 3.63) is 74.2 Å². The van der Waals surface area contributed by atoms with Crippen LogP contribution in [0.2, 0.25) is 0 Å². The van der Waals surface area contributed by atoms with Gasteiger partial charge in [-0.1, -0.05) is 42.5 Å². The van der Waals surface area contributed by atoms with Crippen LogP contribution in [0.1, 0.15) is 11.1 Å². The molecular formula is C17H13IO4S. The average molecular weight is 440 g/mol. The van der Waals surface area contributed by atoms with Gasteiger partial charge in [0.15, 0.2) is 0 Å². The van der Waals surface area contributed by atoms with Crippen LogP contribution in [0.25, 0.3) is 5.57 Å². The lowest BCUT2D eigenvalue weighted by Gasteiger charge is -2.10. The Kier molecular flexibility index (Phi) is 6.23. The minimum absolute atomic E-state index is 0.0619. The van der Waals surface area contributed by atoms with Gasteiger partial charge in [0.05, 0.1) is 5.57 Å². The van der Waals surface area contributed by atoms with Crippen LogP contribution in [0.15, 0.2) is 59.5 Å². The van der Waals surface area contributed by atoms with Gasteiger partial charge in [0.1, 0.15) is 11.5 Å². The summed E-state index contributed by atoms with van der Waals surface area (Å²) in [6, 6.07) is 16.1. The number of carboxylic acids is 1. The third-order valence-corrected chi connectivity index (χ3v) is 4.12. The fraction of sp³-hybridized carbons (Fsp3) is 0.0588. The van der Waals surface area contributed by atoms with Gasteiger partial charge in [0, 0.05) is 3.57 Å². The molecule has 23 heavy (non-hydrogen) atoms. The van der Waals surface area contributed by atoms with Gasteiger partial charge >= 0.3 is 11.9 Å². The smallest absolute Gasteiger partial charge is 0.342 e. The van der Waals surface area contributed by atoms with Crippen LogP contribution in [0.3, 0.4) is 0 Å². The van der Waals surface area contributed by atoms with E-state index in [0.717, 1.165) is 9.13 Å². The maximum atomic E-state index is 12.4. The molecule has 0 saturated heterocycles. The summed E-state index contributed by atoms with van der Waals surface area (Å²) in [4.78, 5) is 23.2. The lowest BCUT2D eigenvalue weighted by Crippen LogP contribution is -2.11. The molecule has 118 valence electrons. The predicted octanol–water partition coefficient (Wildman–Crippen LogP) is 3.76. The van der Waals surface area contributed by atoms with Crippen LogP contribution in [-0.4, -0.2) is 17.0 Å². The summed E-state index contributed by atoms with van der Waals surface area (Å²) in [5.41, 5.74) is 1.21. The second-order valence-corrected chi connectivity index (χ2v) is 6.29. The lowest BCUT2D eigenvalue weighted by atomic mass is 10.1. The summed E-state index contributed by atoms with van der Waals surface area (Å²) in [6.07, 6.45) is 0. The lowest BCUT2D eigenvalue weighted by molar-refractivity contribution is -0.138. The van der Waals surface area contributed by atoms with Gasteiger partial charge in [0.2, 0.25) is 0 Å². The molecule has 2 aromatic carbocycles. The van der Waals surface area contributed by atoms with Gasteiger partial charge in [0.25, 0.3) is 0 Å². The van der Waals surface area contributed by atoms with Crippen LogP contribution in [-0.2, 0) is 20.9 Å². The molecule has 0 unspecified atom stereocenters. The van der Waals surface area contributed by atoms with E-state index in [9.17, 15) is 9.59 Å². The van der Waals surface area contributed by atoms with Crippen LogP contribution >= 0.6 is 35.2 Å². The van der Waals surface area contributed by atoms with Crippen LogP contribution < -0.4 is 0 Å². The molecule has 2 rings (SSSR count). The van der Waals surface area contributed by atoms with Crippen molar-refractivity contribution in [3.63, 3.8) is 0 Å². The minimum atomic E-state index is -1.28. The number of carbonyl (C=O) groups excluding carboxylic acids is 1. The molecule has 0 bridgehead atoms. The van der Waals surface area contributed by atoms with Crippen LogP contribution in [0, 0.1) is 3.57 Å². The Morgan fingerprint density at radius 3 is 2.22 bits per heavy atom. The monoisotopic (exact) mass is 440 g/mol. The molecule has 0 atom stereocenters. The molecule has 0 heterocycles. The van der Waals surface area contributed by atoms with Crippen molar-refractivity contribution < 1.29 is 19.4 Å². The molecule has 0 radical (unpaired) electrons. The standard InChI is InChI=1S/C17H13IO4S/c18-13-8-6-12(7-9-13)14(15(23)16(19)20)17(21)22-10-11-4-2-1-3-5-11/h1-9,23H,10H2,(H,19,20). The SMILES string of the molecule is O=C(O)C(S)=C(C(=O)OCc1ccccc1)c1ccc(I)cc1. The molecule has 0 aliphatic rings. The third-order valence-electron chi connectivity index (χ3n) is 2.99. The Hall–Kier alpha value is -1.80. The third kappa shape index (κ3) is 4.84. The van der Waals surface area contributed by atoms with E-state index in [4.69, 9.17) is 9.84 Å². The van der Waals surface area contributed by atoms with E-state index < -0.39 is 11.9 Å². The molecule has 1 N–H and O–H groups in total. The quantitative estimate of drug-likeness (QED) is 0.322. The highest BCUT2D eigenvalue weighted by molar-refractivity contribution is 14.1. The van der Waals surface area contributed by atoms with Crippen molar-refractivity contribution in [3.8, 4) is 0 Å². The number of carbonyl (C=O) groups is 2. The van der Waals surface area contributed by atoms with Gasteiger partial charge in [-0.2, -0.15) is 0 Å². The maximum absolute atomic E-state index is 12.4. The number of aliphatic carboxylic acids is 1. The highest BCUT2D eigenvalue weighted by Gasteiger charge is 2.21. The zero-order valence-corrected chi connectivity index (χ0v) is 15.0. The minimum Gasteiger partial charge on any atom is -0.477 e. The summed E-state index contributed by atoms with van der Waals surface area (Å²) in [6.45, 7) is 0.0637. The van der Waals surface area contributed by atoms with E-state index in [-0.39, 0.29) is 17.1 Å². The number of carboxylic acid groups (broad SMARTS) is 1. The molecule has 4 nitrogen and oxygen atoms in total. The second-order valence-electron chi connectivity index (χ2n) is 4.60. The van der Waals surface area contributed by atoms with Gasteiger partial charge in [-0.05, 0) is 45.9 Å². The molecule has 0 fully saturated rings. The highest BCUT2D eigenvalue weighted by atomic mass is 127. The van der Waals surface area contributed by atoms with Crippen molar-refractivity contribution >= 4 is 52.7 Å². The summed E-state index contributed by atoms with van der Waals surface area (Å²) in [7, 11) is 0. The van der Waals surface area contributed by atoms with E-state index in [1.165, 1.54) is 0 Å². The fourth-order valence-electron chi connectivity index (χ4n) is 1.87. The number of hydrogen-bond donors (Lipinski definition) is 2. The van der Waals surface area contributed by atoms with E-state index >= 15 is 0 Å². The van der Waals surface area contributed by atoms with Crippen molar-refractivity contribution in [2.75, 3.05) is 0 Å². The topological polar surface area (TPSA) is 63.6 Å². The van der Waals surface area contributed by atoms with E-state index in [2.05, 4.69) is 35.2 Å². The number of thiol groups is 1. The average Bonchev–Trinajstić information content (AvgIpc) is 2.55. The van der Waals surface area contributed by atoms with Crippen molar-refractivity contribution in [2.24, 2.45) is 0 Å². The van der Waals surface area contributed by atoms with E-state index in [1.807, 2.05) is 30.3 Å². The largest absolute Gasteiger partial charge is 0.477 e. The van der Waals surface area contributed by atoms with Crippen molar-refractivity contribution in [1.82, 2.24) is 0 Å². The summed E-state index contributed by atoms with van der Waals surface area (Å²) in [5.74, 6) is -2.00. The zero-order valence-electron chi connectivity index (χ0n) is 11.9. The first-order chi connectivity index (χ1) is 11.0. The predicted molar refractivity (Wildman–Crippen MR) is 98.9 cm³/mol. The first-order valence-corrected chi connectivity index (χ1v) is 8.15. The molecular weight excluding hydrogens is 427 g/mol. The van der Waals surface area contributed by atoms with Gasteiger partial charge < -0.3 is 9.84 Å². The van der Waals surface area contributed by atoms with Gasteiger partial charge in [-0.25, -0.2) is 9.59 Å². The Labute approximate surface area is 152 Å². The molecule has 0 saturated carbocycles. The molecule has 2 aromatic rings. The number of halogens is 1. The van der Waals surface area contributed by atoms with Crippen molar-refractivity contribution in [2.45, 2.75) is 6.61 Å².